The number of carbonyl (C=O) groups excluding carboxylic acids is 1. The number of pyridine rings is 1. The molecule has 0 saturated carbocycles. The SMILES string of the molecule is O=C(c1ccnc(C(F)(F)F)c1)N1CCCC2(CCN2c2ccc3nccnc3c2)C1. The van der Waals surface area contributed by atoms with Gasteiger partial charge in [-0.3, -0.25) is 19.7 Å². The molecule has 31 heavy (non-hydrogen) atoms. The highest BCUT2D eigenvalue weighted by Gasteiger charge is 2.48. The van der Waals surface area contributed by atoms with E-state index in [-0.39, 0.29) is 17.0 Å². The fourth-order valence-corrected chi connectivity index (χ4v) is 4.67. The lowest BCUT2D eigenvalue weighted by molar-refractivity contribution is -0.141. The van der Waals surface area contributed by atoms with Crippen molar-refractivity contribution in [3.8, 4) is 0 Å². The van der Waals surface area contributed by atoms with Gasteiger partial charge in [-0.05, 0) is 49.6 Å². The summed E-state index contributed by atoms with van der Waals surface area (Å²) in [5, 5.41) is 0. The Morgan fingerprint density at radius 2 is 1.74 bits per heavy atom. The van der Waals surface area contributed by atoms with E-state index >= 15 is 0 Å². The summed E-state index contributed by atoms with van der Waals surface area (Å²) >= 11 is 0. The van der Waals surface area contributed by atoms with E-state index in [0.717, 1.165) is 54.8 Å². The zero-order valence-electron chi connectivity index (χ0n) is 16.6. The van der Waals surface area contributed by atoms with Gasteiger partial charge in [0.25, 0.3) is 5.91 Å². The number of fused-ring (bicyclic) bond motifs is 1. The van der Waals surface area contributed by atoms with Crippen LogP contribution in [0.15, 0.2) is 48.9 Å². The lowest BCUT2D eigenvalue weighted by atomic mass is 9.77. The summed E-state index contributed by atoms with van der Waals surface area (Å²) in [7, 11) is 0. The summed E-state index contributed by atoms with van der Waals surface area (Å²) in [6.45, 7) is 1.87. The highest BCUT2D eigenvalue weighted by Crippen LogP contribution is 2.42. The molecule has 1 unspecified atom stereocenters. The Hall–Kier alpha value is -3.23. The van der Waals surface area contributed by atoms with E-state index < -0.39 is 11.9 Å². The van der Waals surface area contributed by atoms with E-state index in [1.54, 1.807) is 17.3 Å². The summed E-state index contributed by atoms with van der Waals surface area (Å²) in [5.74, 6) is -0.386. The van der Waals surface area contributed by atoms with E-state index in [2.05, 4.69) is 19.9 Å². The number of hydrogen-bond acceptors (Lipinski definition) is 5. The molecule has 1 atom stereocenters. The largest absolute Gasteiger partial charge is 0.433 e. The van der Waals surface area contributed by atoms with Gasteiger partial charge in [0.05, 0.1) is 16.6 Å². The highest BCUT2D eigenvalue weighted by molar-refractivity contribution is 5.94. The first-order valence-electron chi connectivity index (χ1n) is 10.2. The number of hydrogen-bond donors (Lipinski definition) is 0. The Morgan fingerprint density at radius 1 is 0.935 bits per heavy atom. The smallest absolute Gasteiger partial charge is 0.364 e. The first kappa shape index (κ1) is 19.7. The number of carbonyl (C=O) groups is 1. The van der Waals surface area contributed by atoms with E-state index in [1.165, 1.54) is 6.07 Å². The molecule has 0 aliphatic carbocycles. The molecule has 0 N–H and O–H groups in total. The van der Waals surface area contributed by atoms with Crippen LogP contribution in [0, 0.1) is 0 Å². The second-order valence-corrected chi connectivity index (χ2v) is 8.11. The van der Waals surface area contributed by atoms with Crippen molar-refractivity contribution in [2.24, 2.45) is 0 Å². The Bertz CT molecular complexity index is 1150. The Morgan fingerprint density at radius 3 is 2.48 bits per heavy atom. The minimum atomic E-state index is -4.58. The highest BCUT2D eigenvalue weighted by atomic mass is 19.4. The van der Waals surface area contributed by atoms with Crippen LogP contribution in [0.4, 0.5) is 18.9 Å². The zero-order valence-corrected chi connectivity index (χ0v) is 16.6. The molecule has 0 bridgehead atoms. The van der Waals surface area contributed by atoms with E-state index in [9.17, 15) is 18.0 Å². The van der Waals surface area contributed by atoms with Gasteiger partial charge in [0, 0.05) is 49.5 Å². The molecule has 3 aromatic rings. The molecule has 2 aliphatic rings. The Labute approximate surface area is 176 Å². The quantitative estimate of drug-likeness (QED) is 0.620. The minimum absolute atomic E-state index is 0.0197. The monoisotopic (exact) mass is 427 g/mol. The molecule has 160 valence electrons. The fraction of sp³-hybridized carbons (Fsp3) is 0.364. The van der Waals surface area contributed by atoms with E-state index in [1.807, 2.05) is 18.2 Å². The van der Waals surface area contributed by atoms with Crippen molar-refractivity contribution in [1.29, 1.82) is 0 Å². The number of anilines is 1. The molecule has 1 amide bonds. The van der Waals surface area contributed by atoms with Crippen molar-refractivity contribution >= 4 is 22.6 Å². The summed E-state index contributed by atoms with van der Waals surface area (Å²) in [4.78, 5) is 29.0. The standard InChI is InChI=1S/C22H20F3N5O/c23-22(24,25)19-12-15(4-7-28-19)20(31)29-10-1-5-21(14-29)6-11-30(21)16-2-3-17-18(13-16)27-9-8-26-17/h2-4,7-9,12-13H,1,5-6,10-11,14H2. The van der Waals surface area contributed by atoms with Crippen LogP contribution in [0.3, 0.4) is 0 Å². The number of amides is 1. The zero-order chi connectivity index (χ0) is 21.6. The number of nitrogens with zero attached hydrogens (tertiary/aromatic N) is 5. The number of likely N-dealkylation sites (tertiary alicyclic amines) is 1. The summed E-state index contributed by atoms with van der Waals surface area (Å²) in [6, 6.07) is 8.13. The maximum atomic E-state index is 13.0. The van der Waals surface area contributed by atoms with Crippen LogP contribution in [-0.4, -0.2) is 50.9 Å². The molecule has 2 aliphatic heterocycles. The van der Waals surface area contributed by atoms with Crippen LogP contribution >= 0.6 is 0 Å². The van der Waals surface area contributed by atoms with Crippen molar-refractivity contribution < 1.29 is 18.0 Å². The molecule has 1 spiro atoms. The second-order valence-electron chi connectivity index (χ2n) is 8.11. The molecule has 9 heteroatoms. The molecule has 1 aromatic carbocycles. The third kappa shape index (κ3) is 3.47. The van der Waals surface area contributed by atoms with Gasteiger partial charge in [-0.15, -0.1) is 0 Å². The number of alkyl halides is 3. The minimum Gasteiger partial charge on any atom is -0.364 e. The first-order chi connectivity index (χ1) is 14.9. The van der Waals surface area contributed by atoms with Crippen molar-refractivity contribution in [2.75, 3.05) is 24.5 Å². The lowest BCUT2D eigenvalue weighted by Gasteiger charge is -2.58. The van der Waals surface area contributed by atoms with Crippen molar-refractivity contribution in [1.82, 2.24) is 19.9 Å². The molecule has 2 fully saturated rings. The lowest BCUT2D eigenvalue weighted by Crippen LogP contribution is -2.67. The van der Waals surface area contributed by atoms with Crippen molar-refractivity contribution in [2.45, 2.75) is 31.0 Å². The molecule has 4 heterocycles. The van der Waals surface area contributed by atoms with Crippen molar-refractivity contribution in [3.63, 3.8) is 0 Å². The van der Waals surface area contributed by atoms with Crippen LogP contribution < -0.4 is 4.90 Å². The van der Waals surface area contributed by atoms with Crippen LogP contribution in [0.1, 0.15) is 35.3 Å². The molecule has 5 rings (SSSR count). The molecule has 6 nitrogen and oxygen atoms in total. The van der Waals surface area contributed by atoms with Crippen LogP contribution in [0.2, 0.25) is 0 Å². The summed E-state index contributed by atoms with van der Waals surface area (Å²) < 4.78 is 39.0. The molecular formula is C22H20F3N5O. The molecular weight excluding hydrogens is 407 g/mol. The molecule has 0 radical (unpaired) electrons. The third-order valence-corrected chi connectivity index (χ3v) is 6.28. The molecule has 2 aromatic heterocycles. The Balaban J connectivity index is 1.39. The third-order valence-electron chi connectivity index (χ3n) is 6.28. The normalized spacial score (nSPS) is 21.4. The van der Waals surface area contributed by atoms with Crippen LogP contribution in [-0.2, 0) is 6.18 Å². The fourth-order valence-electron chi connectivity index (χ4n) is 4.67. The summed E-state index contributed by atoms with van der Waals surface area (Å²) in [5.41, 5.74) is 1.42. The van der Waals surface area contributed by atoms with Gasteiger partial charge in [-0.1, -0.05) is 0 Å². The van der Waals surface area contributed by atoms with Crippen LogP contribution in [0.5, 0.6) is 0 Å². The number of rotatable bonds is 2. The van der Waals surface area contributed by atoms with Gasteiger partial charge < -0.3 is 9.80 Å². The van der Waals surface area contributed by atoms with Gasteiger partial charge in [-0.2, -0.15) is 13.2 Å². The predicted molar refractivity (Wildman–Crippen MR) is 109 cm³/mol. The van der Waals surface area contributed by atoms with Gasteiger partial charge in [0.1, 0.15) is 5.69 Å². The predicted octanol–water partition coefficient (Wildman–Crippen LogP) is 3.93. The molecule has 2 saturated heterocycles. The van der Waals surface area contributed by atoms with E-state index in [0.29, 0.717) is 13.1 Å². The average molecular weight is 427 g/mol. The van der Waals surface area contributed by atoms with Gasteiger partial charge in [-0.25, -0.2) is 0 Å². The second kappa shape index (κ2) is 7.18. The van der Waals surface area contributed by atoms with Crippen molar-refractivity contribution in [3.05, 3.63) is 60.2 Å². The van der Waals surface area contributed by atoms with E-state index in [4.69, 9.17) is 0 Å². The maximum absolute atomic E-state index is 13.0. The topological polar surface area (TPSA) is 62.2 Å². The van der Waals surface area contributed by atoms with Crippen LogP contribution in [0.25, 0.3) is 11.0 Å². The first-order valence-corrected chi connectivity index (χ1v) is 10.2. The maximum Gasteiger partial charge on any atom is 0.433 e. The number of piperidine rings is 1. The van der Waals surface area contributed by atoms with Gasteiger partial charge in [0.2, 0.25) is 0 Å². The number of halogens is 3. The Kier molecular flexibility index (Phi) is 4.56. The van der Waals surface area contributed by atoms with Gasteiger partial charge in [0.15, 0.2) is 0 Å². The number of benzene rings is 1. The summed E-state index contributed by atoms with van der Waals surface area (Å²) in [6.07, 6.45) is 2.43. The average Bonchev–Trinajstić information content (AvgIpc) is 2.77. The van der Waals surface area contributed by atoms with Gasteiger partial charge >= 0.3 is 6.18 Å². The number of aromatic nitrogens is 3.